The van der Waals surface area contributed by atoms with Gasteiger partial charge in [-0.15, -0.1) is 0 Å². The molecule has 110 valence electrons. The molecule has 0 bridgehead atoms. The average molecular weight is 277 g/mol. The van der Waals surface area contributed by atoms with Crippen molar-refractivity contribution >= 4 is 11.6 Å². The topological polar surface area (TPSA) is 62.4 Å². The van der Waals surface area contributed by atoms with Crippen LogP contribution in [0.15, 0.2) is 24.3 Å². The Morgan fingerprint density at radius 2 is 1.95 bits per heavy atom. The summed E-state index contributed by atoms with van der Waals surface area (Å²) in [7, 11) is 0. The van der Waals surface area contributed by atoms with Crippen LogP contribution in [0.2, 0.25) is 0 Å². The Morgan fingerprint density at radius 3 is 2.50 bits per heavy atom. The molecule has 1 saturated heterocycles. The van der Waals surface area contributed by atoms with Gasteiger partial charge in [0.1, 0.15) is 5.75 Å². The first-order valence-electron chi connectivity index (χ1n) is 7.09. The molecular formula is C15H23N3O2. The van der Waals surface area contributed by atoms with E-state index in [1.54, 1.807) is 0 Å². The van der Waals surface area contributed by atoms with Crippen LogP contribution in [0.4, 0.5) is 5.69 Å². The minimum Gasteiger partial charge on any atom is -0.491 e. The van der Waals surface area contributed by atoms with Gasteiger partial charge in [-0.2, -0.15) is 0 Å². The number of rotatable bonds is 4. The lowest BCUT2D eigenvalue weighted by molar-refractivity contribution is -0.118. The van der Waals surface area contributed by atoms with Crippen LogP contribution in [-0.4, -0.2) is 37.2 Å². The molecule has 1 heterocycles. The number of ether oxygens (including phenoxy) is 1. The first kappa shape index (κ1) is 14.8. The summed E-state index contributed by atoms with van der Waals surface area (Å²) in [4.78, 5) is 12.1. The highest BCUT2D eigenvalue weighted by atomic mass is 16.5. The largest absolute Gasteiger partial charge is 0.491 e. The molecule has 2 atom stereocenters. The summed E-state index contributed by atoms with van der Waals surface area (Å²) in [6.07, 6.45) is 0.148. The molecule has 2 unspecified atom stereocenters. The minimum absolute atomic E-state index is 0.0121. The van der Waals surface area contributed by atoms with Crippen molar-refractivity contribution in [1.82, 2.24) is 10.6 Å². The summed E-state index contributed by atoms with van der Waals surface area (Å²) in [6, 6.07) is 7.67. The Bertz CT molecular complexity index is 437. The molecule has 1 amide bonds. The van der Waals surface area contributed by atoms with Crippen molar-refractivity contribution < 1.29 is 9.53 Å². The first-order valence-corrected chi connectivity index (χ1v) is 7.09. The van der Waals surface area contributed by atoms with Gasteiger partial charge in [0.05, 0.1) is 12.1 Å². The molecule has 1 aliphatic rings. The molecule has 1 fully saturated rings. The smallest absolute Gasteiger partial charge is 0.242 e. The van der Waals surface area contributed by atoms with Crippen LogP contribution in [0.5, 0.6) is 5.75 Å². The van der Waals surface area contributed by atoms with Crippen molar-refractivity contribution in [3.63, 3.8) is 0 Å². The monoisotopic (exact) mass is 277 g/mol. The summed E-state index contributed by atoms with van der Waals surface area (Å²) >= 11 is 0. The van der Waals surface area contributed by atoms with Gasteiger partial charge in [-0.05, 0) is 45.0 Å². The second kappa shape index (κ2) is 6.72. The van der Waals surface area contributed by atoms with Crippen molar-refractivity contribution in [2.45, 2.75) is 39.0 Å². The maximum absolute atomic E-state index is 12.1. The van der Waals surface area contributed by atoms with Gasteiger partial charge < -0.3 is 20.7 Å². The Balaban J connectivity index is 1.88. The number of anilines is 1. The van der Waals surface area contributed by atoms with E-state index in [1.807, 2.05) is 38.1 Å². The summed E-state index contributed by atoms with van der Waals surface area (Å²) in [6.45, 7) is 7.52. The Labute approximate surface area is 120 Å². The number of carbonyl (C=O) groups is 1. The lowest BCUT2D eigenvalue weighted by atomic mass is 10.1. The number of benzene rings is 1. The fourth-order valence-corrected chi connectivity index (χ4v) is 2.09. The molecule has 5 nitrogen and oxygen atoms in total. The van der Waals surface area contributed by atoms with Gasteiger partial charge in [-0.1, -0.05) is 0 Å². The van der Waals surface area contributed by atoms with Crippen LogP contribution in [0, 0.1) is 0 Å². The van der Waals surface area contributed by atoms with E-state index in [9.17, 15) is 4.79 Å². The van der Waals surface area contributed by atoms with Crippen molar-refractivity contribution in [3.05, 3.63) is 24.3 Å². The summed E-state index contributed by atoms with van der Waals surface area (Å²) in [5, 5.41) is 9.42. The fraction of sp³-hybridized carbons (Fsp3) is 0.533. The lowest BCUT2D eigenvalue weighted by Gasteiger charge is -2.28. The van der Waals surface area contributed by atoms with E-state index >= 15 is 0 Å². The molecule has 1 aromatic carbocycles. The number of carbonyl (C=O) groups excluding carboxylic acids is 1. The van der Waals surface area contributed by atoms with Gasteiger partial charge in [0.15, 0.2) is 0 Å². The van der Waals surface area contributed by atoms with Gasteiger partial charge in [0, 0.05) is 24.8 Å². The van der Waals surface area contributed by atoms with Crippen molar-refractivity contribution in [2.75, 3.05) is 18.4 Å². The van der Waals surface area contributed by atoms with Gasteiger partial charge >= 0.3 is 0 Å². The third-order valence-corrected chi connectivity index (χ3v) is 3.15. The maximum atomic E-state index is 12.1. The van der Waals surface area contributed by atoms with Crippen LogP contribution in [0.25, 0.3) is 0 Å². The van der Waals surface area contributed by atoms with Crippen LogP contribution >= 0.6 is 0 Å². The zero-order valence-electron chi connectivity index (χ0n) is 12.3. The first-order chi connectivity index (χ1) is 9.54. The second-order valence-corrected chi connectivity index (χ2v) is 5.45. The predicted octanol–water partition coefficient (Wildman–Crippen LogP) is 1.36. The molecule has 5 heteroatoms. The summed E-state index contributed by atoms with van der Waals surface area (Å²) < 4.78 is 5.57. The molecule has 1 aliphatic heterocycles. The van der Waals surface area contributed by atoms with Gasteiger partial charge in [-0.25, -0.2) is 0 Å². The van der Waals surface area contributed by atoms with Crippen LogP contribution in [0.3, 0.4) is 0 Å². The molecule has 0 aromatic heterocycles. The van der Waals surface area contributed by atoms with Crippen LogP contribution in [-0.2, 0) is 4.79 Å². The van der Waals surface area contributed by atoms with E-state index in [1.165, 1.54) is 0 Å². The molecule has 0 aliphatic carbocycles. The number of nitrogens with one attached hydrogen (secondary N) is 3. The maximum Gasteiger partial charge on any atom is 0.242 e. The van der Waals surface area contributed by atoms with E-state index in [0.717, 1.165) is 18.0 Å². The average Bonchev–Trinajstić information content (AvgIpc) is 2.41. The van der Waals surface area contributed by atoms with E-state index in [2.05, 4.69) is 22.9 Å². The van der Waals surface area contributed by atoms with E-state index < -0.39 is 0 Å². The summed E-state index contributed by atoms with van der Waals surface area (Å²) in [5.41, 5.74) is 0.784. The zero-order chi connectivity index (χ0) is 14.5. The van der Waals surface area contributed by atoms with Crippen molar-refractivity contribution in [3.8, 4) is 5.75 Å². The third kappa shape index (κ3) is 4.21. The van der Waals surface area contributed by atoms with Crippen LogP contribution in [0.1, 0.15) is 20.8 Å². The molecule has 2 rings (SSSR count). The van der Waals surface area contributed by atoms with E-state index in [0.29, 0.717) is 12.6 Å². The molecule has 1 aromatic rings. The van der Waals surface area contributed by atoms with Gasteiger partial charge in [-0.3, -0.25) is 4.79 Å². The zero-order valence-corrected chi connectivity index (χ0v) is 12.3. The Morgan fingerprint density at radius 1 is 1.25 bits per heavy atom. The van der Waals surface area contributed by atoms with Gasteiger partial charge in [0.25, 0.3) is 0 Å². The lowest BCUT2D eigenvalue weighted by Crippen LogP contribution is -2.57. The molecule has 3 N–H and O–H groups in total. The highest BCUT2D eigenvalue weighted by Crippen LogP contribution is 2.17. The van der Waals surface area contributed by atoms with E-state index in [4.69, 9.17) is 4.74 Å². The molecule has 0 radical (unpaired) electrons. The predicted molar refractivity (Wildman–Crippen MR) is 80.1 cm³/mol. The van der Waals surface area contributed by atoms with E-state index in [-0.39, 0.29) is 18.1 Å². The molecular weight excluding hydrogens is 254 g/mol. The number of hydrogen-bond acceptors (Lipinski definition) is 4. The number of hydrogen-bond donors (Lipinski definition) is 3. The molecule has 0 saturated carbocycles. The molecule has 20 heavy (non-hydrogen) atoms. The van der Waals surface area contributed by atoms with Crippen molar-refractivity contribution in [1.29, 1.82) is 0 Å². The summed E-state index contributed by atoms with van der Waals surface area (Å²) in [5.74, 6) is 0.797. The third-order valence-electron chi connectivity index (χ3n) is 3.15. The second-order valence-electron chi connectivity index (χ2n) is 5.45. The SMILES string of the molecule is CC1CNC(C(=O)Nc2ccc(OC(C)C)cc2)CN1. The Kier molecular flexibility index (Phi) is 4.98. The number of amides is 1. The van der Waals surface area contributed by atoms with Crippen molar-refractivity contribution in [2.24, 2.45) is 0 Å². The highest BCUT2D eigenvalue weighted by molar-refractivity contribution is 5.95. The number of piperazine rings is 1. The highest BCUT2D eigenvalue weighted by Gasteiger charge is 2.23. The molecule has 0 spiro atoms. The normalized spacial score (nSPS) is 22.6. The van der Waals surface area contributed by atoms with Gasteiger partial charge in [0.2, 0.25) is 5.91 Å². The fourth-order valence-electron chi connectivity index (χ4n) is 2.09. The minimum atomic E-state index is -0.183. The Hall–Kier alpha value is -1.59. The standard InChI is InChI=1S/C15H23N3O2/c1-10(2)20-13-6-4-12(5-7-13)18-15(19)14-9-16-11(3)8-17-14/h4-7,10-11,14,16-17H,8-9H2,1-3H3,(H,18,19). The quantitative estimate of drug-likeness (QED) is 0.778. The van der Waals surface area contributed by atoms with Crippen LogP contribution < -0.4 is 20.7 Å².